The number of benzene rings is 3. The highest BCUT2D eigenvalue weighted by molar-refractivity contribution is 9.10. The van der Waals surface area contributed by atoms with Crippen LogP contribution in [0.25, 0.3) is 0 Å². The van der Waals surface area contributed by atoms with E-state index in [4.69, 9.17) is 4.74 Å². The van der Waals surface area contributed by atoms with Gasteiger partial charge in [0.2, 0.25) is 6.33 Å². The first kappa shape index (κ1) is 23.3. The molecule has 1 heterocycles. The van der Waals surface area contributed by atoms with Crippen molar-refractivity contribution in [3.8, 4) is 0 Å². The summed E-state index contributed by atoms with van der Waals surface area (Å²) in [5, 5.41) is 0. The van der Waals surface area contributed by atoms with Gasteiger partial charge < -0.3 is 17.1 Å². The zero-order valence-corrected chi connectivity index (χ0v) is 19.6. The predicted octanol–water partition coefficient (Wildman–Crippen LogP) is 2.74. The molecule has 0 N–H and O–H groups in total. The maximum atomic E-state index is 6.35. The fourth-order valence-electron chi connectivity index (χ4n) is 3.47. The second-order valence-electron chi connectivity index (χ2n) is 7.42. The molecule has 3 aromatic carbocycles. The van der Waals surface area contributed by atoms with Crippen molar-refractivity contribution in [2.45, 2.75) is 32.2 Å². The molecule has 4 aromatic rings. The highest BCUT2D eigenvalue weighted by Gasteiger charge is 2.17. The molecule has 5 heteroatoms. The molecule has 3 nitrogen and oxygen atoms in total. The summed E-state index contributed by atoms with van der Waals surface area (Å²) < 4.78 is 11.9. The molecule has 0 aliphatic rings. The minimum atomic E-state index is -0.00943. The van der Waals surface area contributed by atoms with Gasteiger partial charge in [-0.25, -0.2) is 9.13 Å². The molecule has 0 bridgehead atoms. The summed E-state index contributed by atoms with van der Waals surface area (Å²) in [7, 11) is 0. The Morgan fingerprint density at radius 2 is 1.52 bits per heavy atom. The van der Waals surface area contributed by atoms with Gasteiger partial charge in [0.25, 0.3) is 0 Å². The SMILES string of the molecule is Brc1ccc(COC(C[n+]2ccn(CCc3ccccc3)c2)c2ccccc2)cc1.[Cl-]. The lowest BCUT2D eigenvalue weighted by molar-refractivity contribution is -0.704. The number of hydrogen-bond donors (Lipinski definition) is 0. The van der Waals surface area contributed by atoms with Gasteiger partial charge in [0.15, 0.2) is 0 Å². The lowest BCUT2D eigenvalue weighted by Gasteiger charge is -2.17. The number of ether oxygens (including phenoxy) is 1. The Balaban J connectivity index is 0.00000272. The number of aromatic nitrogens is 2. The van der Waals surface area contributed by atoms with Crippen LogP contribution in [0.4, 0.5) is 0 Å². The normalized spacial score (nSPS) is 11.6. The Morgan fingerprint density at radius 1 is 0.839 bits per heavy atom. The van der Waals surface area contributed by atoms with E-state index in [1.807, 2.05) is 6.07 Å². The Bertz CT molecular complexity index is 1040. The number of imidazole rings is 1. The Hall–Kier alpha value is -2.40. The molecular weight excluding hydrogens is 472 g/mol. The Kier molecular flexibility index (Phi) is 8.89. The number of rotatable bonds is 9. The van der Waals surface area contributed by atoms with E-state index in [0.717, 1.165) is 24.0 Å². The highest BCUT2D eigenvalue weighted by atomic mass is 79.9. The summed E-state index contributed by atoms with van der Waals surface area (Å²) in [4.78, 5) is 0. The maximum Gasteiger partial charge on any atom is 0.243 e. The molecule has 1 atom stereocenters. The molecule has 160 valence electrons. The van der Waals surface area contributed by atoms with Crippen molar-refractivity contribution in [2.24, 2.45) is 0 Å². The van der Waals surface area contributed by atoms with Crippen molar-refractivity contribution in [2.75, 3.05) is 0 Å². The second-order valence-corrected chi connectivity index (χ2v) is 8.34. The van der Waals surface area contributed by atoms with E-state index in [-0.39, 0.29) is 18.5 Å². The van der Waals surface area contributed by atoms with Gasteiger partial charge >= 0.3 is 0 Å². The van der Waals surface area contributed by atoms with Gasteiger partial charge in [-0.2, -0.15) is 0 Å². The van der Waals surface area contributed by atoms with Crippen LogP contribution >= 0.6 is 15.9 Å². The van der Waals surface area contributed by atoms with Crippen LogP contribution in [0.15, 0.2) is 108 Å². The summed E-state index contributed by atoms with van der Waals surface area (Å²) in [6, 6.07) is 29.4. The van der Waals surface area contributed by atoms with E-state index in [1.165, 1.54) is 16.7 Å². The average Bonchev–Trinajstić information content (AvgIpc) is 3.25. The lowest BCUT2D eigenvalue weighted by atomic mass is 10.1. The van der Waals surface area contributed by atoms with E-state index in [9.17, 15) is 0 Å². The van der Waals surface area contributed by atoms with Crippen molar-refractivity contribution >= 4 is 15.9 Å². The van der Waals surface area contributed by atoms with Crippen molar-refractivity contribution in [3.63, 3.8) is 0 Å². The zero-order valence-electron chi connectivity index (χ0n) is 17.3. The fourth-order valence-corrected chi connectivity index (χ4v) is 3.74. The van der Waals surface area contributed by atoms with Crippen LogP contribution in [-0.2, 0) is 30.9 Å². The maximum absolute atomic E-state index is 6.35. The number of nitrogens with zero attached hydrogens (tertiary/aromatic N) is 2. The molecule has 1 aromatic heterocycles. The van der Waals surface area contributed by atoms with Crippen LogP contribution in [0.5, 0.6) is 0 Å². The van der Waals surface area contributed by atoms with E-state index < -0.39 is 0 Å². The summed E-state index contributed by atoms with van der Waals surface area (Å²) in [6.07, 6.45) is 7.45. The minimum Gasteiger partial charge on any atom is -1.00 e. The van der Waals surface area contributed by atoms with Gasteiger partial charge in [-0.15, -0.1) is 0 Å². The van der Waals surface area contributed by atoms with Crippen molar-refractivity contribution in [1.82, 2.24) is 4.57 Å². The lowest BCUT2D eigenvalue weighted by Crippen LogP contribution is -3.00. The van der Waals surface area contributed by atoms with E-state index >= 15 is 0 Å². The van der Waals surface area contributed by atoms with E-state index in [0.29, 0.717) is 6.61 Å². The number of halogens is 2. The third-order valence-corrected chi connectivity index (χ3v) is 5.69. The minimum absolute atomic E-state index is 0. The average molecular weight is 498 g/mol. The molecule has 31 heavy (non-hydrogen) atoms. The van der Waals surface area contributed by atoms with Gasteiger partial charge in [-0.05, 0) is 28.8 Å². The molecule has 0 saturated heterocycles. The van der Waals surface area contributed by atoms with Gasteiger partial charge in [-0.3, -0.25) is 0 Å². The Labute approximate surface area is 198 Å². The van der Waals surface area contributed by atoms with Gasteiger partial charge in [-0.1, -0.05) is 88.7 Å². The van der Waals surface area contributed by atoms with Crippen molar-refractivity contribution in [1.29, 1.82) is 0 Å². The Morgan fingerprint density at radius 3 is 2.23 bits per heavy atom. The molecule has 0 fully saturated rings. The third-order valence-electron chi connectivity index (χ3n) is 5.16. The van der Waals surface area contributed by atoms with Gasteiger partial charge in [0.05, 0.1) is 13.2 Å². The van der Waals surface area contributed by atoms with Crippen LogP contribution in [0.1, 0.15) is 22.8 Å². The first-order valence-electron chi connectivity index (χ1n) is 10.3. The first-order chi connectivity index (χ1) is 14.8. The van der Waals surface area contributed by atoms with Crippen molar-refractivity contribution < 1.29 is 21.7 Å². The molecule has 0 saturated carbocycles. The van der Waals surface area contributed by atoms with Crippen LogP contribution in [-0.4, -0.2) is 4.57 Å². The van der Waals surface area contributed by atoms with Gasteiger partial charge in [0, 0.05) is 10.9 Å². The quantitative estimate of drug-likeness (QED) is 0.325. The predicted molar refractivity (Wildman–Crippen MR) is 123 cm³/mol. The molecule has 0 aliphatic carbocycles. The summed E-state index contributed by atoms with van der Waals surface area (Å²) >= 11 is 3.49. The zero-order chi connectivity index (χ0) is 20.6. The van der Waals surface area contributed by atoms with Gasteiger partial charge in [0.1, 0.15) is 25.0 Å². The topological polar surface area (TPSA) is 18.0 Å². The smallest absolute Gasteiger partial charge is 0.243 e. The highest BCUT2D eigenvalue weighted by Crippen LogP contribution is 2.20. The summed E-state index contributed by atoms with van der Waals surface area (Å²) in [5.41, 5.74) is 3.72. The second kappa shape index (κ2) is 11.8. The molecule has 1 unspecified atom stereocenters. The van der Waals surface area contributed by atoms with Crippen molar-refractivity contribution in [3.05, 3.63) is 125 Å². The standard InChI is InChI=1S/C26H26BrN2O.ClH/c27-25-13-11-23(12-14-25)20-30-26(24-9-5-2-6-10-24)19-29-18-17-28(21-29)16-15-22-7-3-1-4-8-22;/h1-14,17-18,21,26H,15-16,19-20H2;1H/q+1;/p-1. The molecule has 0 radical (unpaired) electrons. The van der Waals surface area contributed by atoms with Crippen LogP contribution in [0.2, 0.25) is 0 Å². The van der Waals surface area contributed by atoms with E-state index in [2.05, 4.69) is 123 Å². The summed E-state index contributed by atoms with van der Waals surface area (Å²) in [6.45, 7) is 2.33. The fraction of sp³-hybridized carbons (Fsp3) is 0.192. The van der Waals surface area contributed by atoms with Crippen LogP contribution < -0.4 is 17.0 Å². The number of hydrogen-bond acceptors (Lipinski definition) is 1. The van der Waals surface area contributed by atoms with Crippen LogP contribution in [0.3, 0.4) is 0 Å². The summed E-state index contributed by atoms with van der Waals surface area (Å²) in [5.74, 6) is 0. The molecule has 0 amide bonds. The largest absolute Gasteiger partial charge is 1.00 e. The third kappa shape index (κ3) is 7.06. The molecular formula is C26H26BrClN2O. The molecule has 4 rings (SSSR count). The molecule has 0 spiro atoms. The monoisotopic (exact) mass is 496 g/mol. The number of aryl methyl sites for hydroxylation is 2. The van der Waals surface area contributed by atoms with Crippen LogP contribution in [0, 0.1) is 0 Å². The molecule has 0 aliphatic heterocycles. The van der Waals surface area contributed by atoms with E-state index in [1.54, 1.807) is 0 Å². The first-order valence-corrected chi connectivity index (χ1v) is 11.1.